The Hall–Kier alpha value is -6.61. The molecule has 3 aliphatic heterocycles. The van der Waals surface area contributed by atoms with Crippen molar-refractivity contribution in [3.63, 3.8) is 0 Å². The van der Waals surface area contributed by atoms with Gasteiger partial charge in [-0.3, -0.25) is 14.3 Å². The van der Waals surface area contributed by atoms with Crippen molar-refractivity contribution < 1.29 is 22.7 Å². The molecule has 3 N–H and O–H groups in total. The Kier molecular flexibility index (Phi) is 12.3. The molecule has 4 fully saturated rings. The Labute approximate surface area is 419 Å². The number of benzene rings is 3. The second kappa shape index (κ2) is 18.2. The Morgan fingerprint density at radius 1 is 0.930 bits per heavy atom. The number of anilines is 3. The van der Waals surface area contributed by atoms with Crippen molar-refractivity contribution >= 4 is 55.8 Å². The molecule has 1 amide bonds. The molecular weight excluding hydrogens is 940 g/mol. The number of hydrogen-bond acceptors (Lipinski definition) is 12. The number of nitriles is 1. The molecule has 71 heavy (non-hydrogen) atoms. The van der Waals surface area contributed by atoms with E-state index in [2.05, 4.69) is 79.5 Å². The quantitative estimate of drug-likeness (QED) is 0.0954. The lowest BCUT2D eigenvalue weighted by molar-refractivity contribution is -0.164. The second-order valence-corrected chi connectivity index (χ2v) is 23.5. The monoisotopic (exact) mass is 998 g/mol. The van der Waals surface area contributed by atoms with Crippen LogP contribution >= 0.6 is 11.6 Å². The number of nitrogens with zero attached hydrogens (tertiary/aromatic N) is 7. The summed E-state index contributed by atoms with van der Waals surface area (Å²) < 4.78 is 42.2. The number of carbonyl (C=O) groups is 1. The average molecular weight is 1000 g/mol. The number of likely N-dealkylation sites (tertiary alicyclic amines) is 1. The highest BCUT2D eigenvalue weighted by molar-refractivity contribution is 7.92. The molecule has 0 unspecified atom stereocenters. The zero-order valence-corrected chi connectivity index (χ0v) is 42.4. The summed E-state index contributed by atoms with van der Waals surface area (Å²) in [7, 11) is -1.84. The lowest BCUT2D eigenvalue weighted by atomic mass is 9.49. The van der Waals surface area contributed by atoms with Crippen molar-refractivity contribution in [1.29, 1.82) is 5.26 Å². The van der Waals surface area contributed by atoms with Crippen LogP contribution < -0.4 is 34.9 Å². The van der Waals surface area contributed by atoms with Crippen LogP contribution in [0.5, 0.6) is 17.2 Å². The van der Waals surface area contributed by atoms with Crippen LogP contribution in [0.4, 0.5) is 17.3 Å². The molecule has 0 radical (unpaired) electrons. The van der Waals surface area contributed by atoms with E-state index < -0.39 is 10.0 Å². The molecule has 3 aromatic heterocycles. The zero-order valence-electron chi connectivity index (χ0n) is 40.8. The fourth-order valence-corrected chi connectivity index (χ4v) is 12.6. The number of H-pyrrole nitrogens is 1. The van der Waals surface area contributed by atoms with Gasteiger partial charge in [0.05, 0.1) is 21.9 Å². The maximum atomic E-state index is 13.5. The van der Waals surface area contributed by atoms with E-state index >= 15 is 0 Å². The van der Waals surface area contributed by atoms with Crippen molar-refractivity contribution in [2.75, 3.05) is 66.1 Å². The number of aromatic amines is 1. The summed E-state index contributed by atoms with van der Waals surface area (Å²) in [5.41, 5.74) is 3.46. The summed E-state index contributed by atoms with van der Waals surface area (Å²) in [5, 5.41) is 13.5. The predicted molar refractivity (Wildman–Crippen MR) is 276 cm³/mol. The molecular formula is C53H59ClN10O6S. The molecule has 18 heteroatoms. The van der Waals surface area contributed by atoms with Gasteiger partial charge < -0.3 is 39.0 Å². The lowest BCUT2D eigenvalue weighted by Crippen LogP contribution is -2.74. The minimum absolute atomic E-state index is 0.0657. The number of sulfonamides is 1. The molecule has 3 saturated heterocycles. The summed E-state index contributed by atoms with van der Waals surface area (Å²) in [6, 6.07) is 22.1. The number of aromatic nitrogens is 4. The van der Waals surface area contributed by atoms with Crippen LogP contribution in [0.1, 0.15) is 63.4 Å². The lowest BCUT2D eigenvalue weighted by Gasteiger charge is -2.63. The number of piperidine rings is 1. The van der Waals surface area contributed by atoms with Crippen molar-refractivity contribution in [3.05, 3.63) is 118 Å². The average Bonchev–Trinajstić information content (AvgIpc) is 3.83. The fourth-order valence-electron chi connectivity index (χ4n) is 11.8. The minimum Gasteiger partial charge on any atom is -0.489 e. The van der Waals surface area contributed by atoms with Crippen LogP contribution in [-0.2, 0) is 17.1 Å². The maximum Gasteiger partial charge on any atom is 0.274 e. The molecule has 0 bridgehead atoms. The van der Waals surface area contributed by atoms with Gasteiger partial charge in [0.25, 0.3) is 11.5 Å². The Morgan fingerprint density at radius 2 is 1.66 bits per heavy atom. The van der Waals surface area contributed by atoms with E-state index in [1.54, 1.807) is 75.2 Å². The highest BCUT2D eigenvalue weighted by Crippen LogP contribution is 2.56. The first-order valence-electron chi connectivity index (χ1n) is 24.2. The molecule has 10 rings (SSSR count). The molecule has 6 heterocycles. The molecule has 6 aromatic rings. The van der Waals surface area contributed by atoms with Gasteiger partial charge in [-0.05, 0) is 74.2 Å². The van der Waals surface area contributed by atoms with Crippen LogP contribution in [0, 0.1) is 33.5 Å². The Bertz CT molecular complexity index is 3220. The number of fused-ring (bicyclic) bond motifs is 1. The predicted octanol–water partition coefficient (Wildman–Crippen LogP) is 8.05. The zero-order chi connectivity index (χ0) is 50.0. The molecule has 1 saturated carbocycles. The summed E-state index contributed by atoms with van der Waals surface area (Å²) >= 11 is 6.27. The second-order valence-electron chi connectivity index (χ2n) is 21.1. The van der Waals surface area contributed by atoms with Crippen molar-refractivity contribution in [1.82, 2.24) is 29.7 Å². The molecule has 370 valence electrons. The number of pyridine rings is 1. The number of ether oxygens (including phenoxy) is 2. The van der Waals surface area contributed by atoms with Gasteiger partial charge in [0.2, 0.25) is 16.0 Å². The van der Waals surface area contributed by atoms with Gasteiger partial charge in [0.1, 0.15) is 34.9 Å². The van der Waals surface area contributed by atoms with Crippen LogP contribution in [0.15, 0.2) is 96.3 Å². The SMILES string of the molecule is CCS(=O)(=O)Nc1ccc(Oc2cccc(N3CC4(CN(CC5CCN(c6ncc(C(=O)NC7C(C)(C)C(Oc8ccc(C#N)c(Cl)c8)C7(C)C)cn6)CC5)C4)C3)c2)c(-c2cn(C)c(=O)c3[nH]ccc23)c1. The van der Waals surface area contributed by atoms with Gasteiger partial charge in [-0.2, -0.15) is 5.26 Å². The first kappa shape index (κ1) is 48.0. The van der Waals surface area contributed by atoms with Gasteiger partial charge >= 0.3 is 0 Å². The number of aryl methyl sites for hydroxylation is 1. The molecule has 3 aromatic carbocycles. The molecule has 1 aliphatic carbocycles. The van der Waals surface area contributed by atoms with Gasteiger partial charge in [-0.15, -0.1) is 0 Å². The standard InChI is InChI=1S/C53H59ClN10O6S/c1-7-71(67,68)60-36-12-14-44(41(21-36)42-28-61(6)47(66)45-40(42)15-18-56-45)69-38-10-8-9-37(22-38)64-31-53(32-64)29-62(30-53)27-33-16-19-63(20-17-33)50-57-25-35(26-58-50)46(65)59-48-51(2,3)49(52(48,4)5)70-39-13-11-34(24-55)43(54)23-39/h8-15,18,21-23,25-26,28,33,48-49,56,60H,7,16-17,19-20,27,29-32H2,1-6H3,(H,59,65). The van der Waals surface area contributed by atoms with Crippen LogP contribution in [-0.4, -0.2) is 102 Å². The summed E-state index contributed by atoms with van der Waals surface area (Å²) in [5.74, 6) is 2.72. The number of nitrogens with one attached hydrogen (secondary N) is 3. The summed E-state index contributed by atoms with van der Waals surface area (Å²) in [6.07, 6.45) is 8.61. The molecule has 16 nitrogen and oxygen atoms in total. The van der Waals surface area contributed by atoms with Crippen LogP contribution in [0.3, 0.4) is 0 Å². The molecule has 0 atom stereocenters. The third kappa shape index (κ3) is 9.17. The first-order valence-corrected chi connectivity index (χ1v) is 26.2. The number of amides is 1. The first-order chi connectivity index (χ1) is 33.8. The summed E-state index contributed by atoms with van der Waals surface area (Å²) in [6.45, 7) is 16.8. The minimum atomic E-state index is -3.53. The van der Waals surface area contributed by atoms with Gasteiger partial charge in [-0.25, -0.2) is 18.4 Å². The van der Waals surface area contributed by atoms with E-state index in [1.165, 1.54) is 4.57 Å². The van der Waals surface area contributed by atoms with E-state index in [0.717, 1.165) is 69.9 Å². The Morgan fingerprint density at radius 3 is 2.35 bits per heavy atom. The number of rotatable bonds is 14. The topological polar surface area (TPSA) is 191 Å². The Balaban J connectivity index is 0.698. The van der Waals surface area contributed by atoms with Gasteiger partial charge in [0.15, 0.2) is 0 Å². The van der Waals surface area contributed by atoms with E-state index in [9.17, 15) is 23.3 Å². The van der Waals surface area contributed by atoms with Crippen LogP contribution in [0.2, 0.25) is 5.02 Å². The summed E-state index contributed by atoms with van der Waals surface area (Å²) in [4.78, 5) is 46.0. The highest BCUT2D eigenvalue weighted by atomic mass is 35.5. The fraction of sp³-hybridized carbons (Fsp3) is 0.415. The van der Waals surface area contributed by atoms with E-state index in [1.807, 2.05) is 24.3 Å². The van der Waals surface area contributed by atoms with Crippen molar-refractivity contribution in [2.24, 2.45) is 29.2 Å². The highest BCUT2D eigenvalue weighted by Gasteiger charge is 2.64. The van der Waals surface area contributed by atoms with Gasteiger partial charge in [-0.1, -0.05) is 45.4 Å². The number of carbonyl (C=O) groups excluding carboxylic acids is 1. The van der Waals surface area contributed by atoms with E-state index in [-0.39, 0.29) is 45.6 Å². The normalized spacial score (nSPS) is 20.4. The smallest absolute Gasteiger partial charge is 0.274 e. The number of halogens is 1. The third-order valence-corrected chi connectivity index (χ3v) is 16.8. The molecule has 4 aliphatic rings. The number of hydrogen-bond donors (Lipinski definition) is 3. The maximum absolute atomic E-state index is 13.5. The van der Waals surface area contributed by atoms with Crippen LogP contribution in [0.25, 0.3) is 22.0 Å². The van der Waals surface area contributed by atoms with Crippen molar-refractivity contribution in [3.8, 4) is 34.4 Å². The van der Waals surface area contributed by atoms with Gasteiger partial charge in [0, 0.05) is 140 Å². The van der Waals surface area contributed by atoms with E-state index in [4.69, 9.17) is 21.1 Å². The molecule has 1 spiro atoms. The van der Waals surface area contributed by atoms with E-state index in [0.29, 0.717) is 67.4 Å². The third-order valence-electron chi connectivity index (χ3n) is 15.1. The van der Waals surface area contributed by atoms with Crippen molar-refractivity contribution in [2.45, 2.75) is 59.6 Å². The largest absolute Gasteiger partial charge is 0.489 e.